The van der Waals surface area contributed by atoms with Gasteiger partial charge in [0.15, 0.2) is 0 Å². The molecule has 0 unspecified atom stereocenters. The highest BCUT2D eigenvalue weighted by molar-refractivity contribution is 5.46. The zero-order valence-corrected chi connectivity index (χ0v) is 10.3. The molecule has 1 aromatic carbocycles. The Kier molecular flexibility index (Phi) is 2.59. The Labute approximate surface area is 92.9 Å². The van der Waals surface area contributed by atoms with Gasteiger partial charge in [-0.3, -0.25) is 0 Å². The largest absolute Gasteiger partial charge is 0.319 e. The Morgan fingerprint density at radius 3 is 2.07 bits per heavy atom. The van der Waals surface area contributed by atoms with Gasteiger partial charge in [0, 0.05) is 12.0 Å². The van der Waals surface area contributed by atoms with Crippen LogP contribution in [0.15, 0.2) is 12.1 Å². The van der Waals surface area contributed by atoms with Crippen LogP contribution in [0.3, 0.4) is 0 Å². The van der Waals surface area contributed by atoms with E-state index in [0.29, 0.717) is 5.41 Å². The second-order valence-corrected chi connectivity index (χ2v) is 5.08. The van der Waals surface area contributed by atoms with Crippen molar-refractivity contribution in [2.24, 2.45) is 0 Å². The van der Waals surface area contributed by atoms with E-state index in [1.165, 1.54) is 29.5 Å². The number of hydrogen-bond donors (Lipinski definition) is 1. The molecule has 0 bridgehead atoms. The highest BCUT2D eigenvalue weighted by Gasteiger charge is 2.45. The van der Waals surface area contributed by atoms with Crippen molar-refractivity contribution in [1.82, 2.24) is 5.32 Å². The first-order valence-corrected chi connectivity index (χ1v) is 5.82. The molecule has 0 radical (unpaired) electrons. The number of benzene rings is 1. The number of hydrogen-bond acceptors (Lipinski definition) is 1. The molecule has 1 aliphatic carbocycles. The lowest BCUT2D eigenvalue weighted by Gasteiger charge is -2.21. The van der Waals surface area contributed by atoms with Crippen molar-refractivity contribution in [3.05, 3.63) is 34.4 Å². The highest BCUT2D eigenvalue weighted by atomic mass is 14.8. The molecule has 82 valence electrons. The van der Waals surface area contributed by atoms with E-state index in [1.54, 1.807) is 5.56 Å². The smallest absolute Gasteiger partial charge is 0.00835 e. The van der Waals surface area contributed by atoms with Gasteiger partial charge in [-0.15, -0.1) is 0 Å². The van der Waals surface area contributed by atoms with Gasteiger partial charge < -0.3 is 5.32 Å². The molecule has 0 saturated heterocycles. The average molecular weight is 203 g/mol. The lowest BCUT2D eigenvalue weighted by Crippen LogP contribution is -2.25. The van der Waals surface area contributed by atoms with Crippen molar-refractivity contribution in [3.8, 4) is 0 Å². The summed E-state index contributed by atoms with van der Waals surface area (Å²) in [6.45, 7) is 7.81. The zero-order chi connectivity index (χ0) is 11.1. The van der Waals surface area contributed by atoms with Crippen LogP contribution in [0.5, 0.6) is 0 Å². The first-order valence-electron chi connectivity index (χ1n) is 5.82. The van der Waals surface area contributed by atoms with E-state index in [9.17, 15) is 0 Å². The average Bonchev–Trinajstić information content (AvgIpc) is 2.83. The van der Waals surface area contributed by atoms with E-state index in [4.69, 9.17) is 0 Å². The maximum Gasteiger partial charge on any atom is 0.00835 e. The minimum Gasteiger partial charge on any atom is -0.319 e. The van der Waals surface area contributed by atoms with Crippen molar-refractivity contribution in [2.45, 2.75) is 39.0 Å². The standard InChI is InChI=1S/C14H21N/c1-10-7-11(2)13(12(3)8-10)14(5-6-14)9-15-4/h7-8,15H,5-6,9H2,1-4H3. The minimum absolute atomic E-state index is 0.455. The molecule has 0 heterocycles. The molecule has 0 aliphatic heterocycles. The quantitative estimate of drug-likeness (QED) is 0.796. The third-order valence-electron chi connectivity index (χ3n) is 3.58. The fourth-order valence-electron chi connectivity index (χ4n) is 3.02. The summed E-state index contributed by atoms with van der Waals surface area (Å²) >= 11 is 0. The summed E-state index contributed by atoms with van der Waals surface area (Å²) < 4.78 is 0. The first kappa shape index (κ1) is 10.7. The predicted molar refractivity (Wildman–Crippen MR) is 65.5 cm³/mol. The van der Waals surface area contributed by atoms with Crippen molar-refractivity contribution in [1.29, 1.82) is 0 Å². The third-order valence-corrected chi connectivity index (χ3v) is 3.58. The van der Waals surface area contributed by atoms with E-state index in [-0.39, 0.29) is 0 Å². The molecule has 0 amide bonds. The fraction of sp³-hybridized carbons (Fsp3) is 0.571. The van der Waals surface area contributed by atoms with Crippen LogP contribution in [0.1, 0.15) is 35.1 Å². The van der Waals surface area contributed by atoms with Crippen molar-refractivity contribution in [2.75, 3.05) is 13.6 Å². The van der Waals surface area contributed by atoms with Gasteiger partial charge in [-0.05, 0) is 57.4 Å². The normalized spacial score (nSPS) is 17.9. The van der Waals surface area contributed by atoms with E-state index in [1.807, 2.05) is 0 Å². The molecule has 15 heavy (non-hydrogen) atoms. The Bertz CT molecular complexity index is 352. The van der Waals surface area contributed by atoms with Gasteiger partial charge in [-0.2, -0.15) is 0 Å². The third kappa shape index (κ3) is 1.81. The van der Waals surface area contributed by atoms with Gasteiger partial charge in [0.1, 0.15) is 0 Å². The molecule has 2 rings (SSSR count). The number of likely N-dealkylation sites (N-methyl/N-ethyl adjacent to an activating group) is 1. The summed E-state index contributed by atoms with van der Waals surface area (Å²) in [6.07, 6.45) is 2.69. The van der Waals surface area contributed by atoms with Crippen LogP contribution < -0.4 is 5.32 Å². The summed E-state index contributed by atoms with van der Waals surface area (Å²) in [7, 11) is 2.05. The van der Waals surface area contributed by atoms with Crippen LogP contribution >= 0.6 is 0 Å². The summed E-state index contributed by atoms with van der Waals surface area (Å²) in [6, 6.07) is 4.64. The predicted octanol–water partition coefficient (Wildman–Crippen LogP) is 2.86. The number of rotatable bonds is 3. The molecule has 1 aliphatic rings. The van der Waals surface area contributed by atoms with Crippen LogP contribution in [0, 0.1) is 20.8 Å². The maximum atomic E-state index is 3.34. The summed E-state index contributed by atoms with van der Waals surface area (Å²) in [5.41, 5.74) is 6.38. The van der Waals surface area contributed by atoms with Gasteiger partial charge >= 0.3 is 0 Å². The fourth-order valence-corrected chi connectivity index (χ4v) is 3.02. The molecule has 0 atom stereocenters. The Morgan fingerprint density at radius 1 is 1.13 bits per heavy atom. The van der Waals surface area contributed by atoms with Crippen molar-refractivity contribution < 1.29 is 0 Å². The summed E-state index contributed by atoms with van der Waals surface area (Å²) in [5, 5.41) is 3.34. The molecular formula is C14H21N. The van der Waals surface area contributed by atoms with Crippen molar-refractivity contribution in [3.63, 3.8) is 0 Å². The van der Waals surface area contributed by atoms with E-state index < -0.39 is 0 Å². The van der Waals surface area contributed by atoms with Gasteiger partial charge in [-0.25, -0.2) is 0 Å². The topological polar surface area (TPSA) is 12.0 Å². The number of aryl methyl sites for hydroxylation is 3. The molecule has 1 N–H and O–H groups in total. The van der Waals surface area contributed by atoms with Gasteiger partial charge in [0.25, 0.3) is 0 Å². The Hall–Kier alpha value is -0.820. The van der Waals surface area contributed by atoms with Crippen LogP contribution in [-0.2, 0) is 5.41 Å². The molecule has 1 heteroatoms. The number of nitrogens with one attached hydrogen (secondary N) is 1. The van der Waals surface area contributed by atoms with Gasteiger partial charge in [0.05, 0.1) is 0 Å². The van der Waals surface area contributed by atoms with Gasteiger partial charge in [-0.1, -0.05) is 17.7 Å². The van der Waals surface area contributed by atoms with E-state index in [2.05, 4.69) is 45.3 Å². The molecule has 1 saturated carbocycles. The minimum atomic E-state index is 0.455. The van der Waals surface area contributed by atoms with Crippen LogP contribution in [-0.4, -0.2) is 13.6 Å². The highest BCUT2D eigenvalue weighted by Crippen LogP contribution is 2.50. The summed E-state index contributed by atoms with van der Waals surface area (Å²) in [4.78, 5) is 0. The molecule has 0 aromatic heterocycles. The van der Waals surface area contributed by atoms with E-state index >= 15 is 0 Å². The molecule has 1 aromatic rings. The van der Waals surface area contributed by atoms with Gasteiger partial charge in [0.2, 0.25) is 0 Å². The Balaban J connectivity index is 2.44. The lowest BCUT2D eigenvalue weighted by atomic mass is 9.87. The molecule has 1 fully saturated rings. The van der Waals surface area contributed by atoms with Crippen LogP contribution in [0.4, 0.5) is 0 Å². The van der Waals surface area contributed by atoms with Crippen molar-refractivity contribution >= 4 is 0 Å². The summed E-state index contributed by atoms with van der Waals surface area (Å²) in [5.74, 6) is 0. The molecular weight excluding hydrogens is 182 g/mol. The molecule has 0 spiro atoms. The zero-order valence-electron chi connectivity index (χ0n) is 10.3. The Morgan fingerprint density at radius 2 is 1.67 bits per heavy atom. The second-order valence-electron chi connectivity index (χ2n) is 5.08. The SMILES string of the molecule is CNCC1(c2c(C)cc(C)cc2C)CC1. The first-order chi connectivity index (χ1) is 7.09. The molecule has 1 nitrogen and oxygen atoms in total. The maximum absolute atomic E-state index is 3.34. The second kappa shape index (κ2) is 3.64. The van der Waals surface area contributed by atoms with Crippen LogP contribution in [0.25, 0.3) is 0 Å². The monoisotopic (exact) mass is 203 g/mol. The lowest BCUT2D eigenvalue weighted by molar-refractivity contribution is 0.617. The van der Waals surface area contributed by atoms with Crippen LogP contribution in [0.2, 0.25) is 0 Å². The van der Waals surface area contributed by atoms with E-state index in [0.717, 1.165) is 6.54 Å².